The number of hydrogen-bond acceptors (Lipinski definition) is 3. The Morgan fingerprint density at radius 2 is 2.26 bits per heavy atom. The van der Waals surface area contributed by atoms with Crippen LogP contribution in [0, 0.1) is 0 Å². The highest BCUT2D eigenvalue weighted by molar-refractivity contribution is 9.10. The highest BCUT2D eigenvalue weighted by atomic mass is 79.9. The Kier molecular flexibility index (Phi) is 4.96. The maximum Gasteiger partial charge on any atom is 0.138 e. The lowest BCUT2D eigenvalue weighted by Gasteiger charge is -2.14. The molecule has 0 radical (unpaired) electrons. The van der Waals surface area contributed by atoms with Crippen LogP contribution in [-0.2, 0) is 13.0 Å². The minimum atomic E-state index is -0.180. The number of benzene rings is 1. The van der Waals surface area contributed by atoms with Gasteiger partial charge >= 0.3 is 0 Å². The zero-order valence-electron chi connectivity index (χ0n) is 10.7. The lowest BCUT2D eigenvalue weighted by atomic mass is 10.0. The normalized spacial score (nSPS) is 12.6. The average Bonchev–Trinajstić information content (AvgIpc) is 2.77. The van der Waals surface area contributed by atoms with Crippen molar-refractivity contribution in [1.29, 1.82) is 0 Å². The topological polar surface area (TPSA) is 56.7 Å². The molecular weight excluding hydrogens is 328 g/mol. The molecule has 0 saturated heterocycles. The first kappa shape index (κ1) is 14.5. The maximum absolute atomic E-state index is 6.22. The fourth-order valence-electron chi connectivity index (χ4n) is 1.95. The summed E-state index contributed by atoms with van der Waals surface area (Å²) >= 11 is 9.60. The Morgan fingerprint density at radius 1 is 1.47 bits per heavy atom. The number of hydrogen-bond donors (Lipinski definition) is 1. The van der Waals surface area contributed by atoms with E-state index in [9.17, 15) is 0 Å². The fraction of sp³-hybridized carbons (Fsp3) is 0.385. The first-order valence-corrected chi connectivity index (χ1v) is 7.36. The van der Waals surface area contributed by atoms with Crippen molar-refractivity contribution >= 4 is 27.5 Å². The van der Waals surface area contributed by atoms with Gasteiger partial charge in [0.05, 0.1) is 0 Å². The third-order valence-electron chi connectivity index (χ3n) is 2.90. The van der Waals surface area contributed by atoms with Gasteiger partial charge in [-0.3, -0.25) is 4.68 Å². The molecule has 0 saturated carbocycles. The monoisotopic (exact) mass is 342 g/mol. The van der Waals surface area contributed by atoms with Crippen LogP contribution in [0.25, 0.3) is 0 Å². The molecule has 0 amide bonds. The second-order valence-electron chi connectivity index (χ2n) is 4.38. The highest BCUT2D eigenvalue weighted by Gasteiger charge is 2.14. The first-order chi connectivity index (χ1) is 9.11. The zero-order valence-corrected chi connectivity index (χ0v) is 13.0. The summed E-state index contributed by atoms with van der Waals surface area (Å²) in [6.07, 6.45) is 3.22. The molecule has 6 heteroatoms. The lowest BCUT2D eigenvalue weighted by Crippen LogP contribution is -2.17. The summed E-state index contributed by atoms with van der Waals surface area (Å²) in [5.41, 5.74) is 7.15. The van der Waals surface area contributed by atoms with Crippen molar-refractivity contribution in [3.05, 3.63) is 45.4 Å². The Bertz CT molecular complexity index is 555. The molecular formula is C13H16BrClN4. The molecule has 1 atom stereocenters. The zero-order chi connectivity index (χ0) is 13.8. The number of aryl methyl sites for hydroxylation is 1. The molecule has 0 spiro atoms. The third-order valence-corrected chi connectivity index (χ3v) is 3.72. The Morgan fingerprint density at radius 3 is 2.95 bits per heavy atom. The van der Waals surface area contributed by atoms with Gasteiger partial charge < -0.3 is 5.73 Å². The van der Waals surface area contributed by atoms with Crippen molar-refractivity contribution in [2.24, 2.45) is 5.73 Å². The molecule has 4 nitrogen and oxygen atoms in total. The van der Waals surface area contributed by atoms with Gasteiger partial charge in [0.25, 0.3) is 0 Å². The number of nitrogens with two attached hydrogens (primary N) is 1. The minimum Gasteiger partial charge on any atom is -0.324 e. The molecule has 19 heavy (non-hydrogen) atoms. The van der Waals surface area contributed by atoms with E-state index >= 15 is 0 Å². The van der Waals surface area contributed by atoms with Gasteiger partial charge in [0.2, 0.25) is 0 Å². The quantitative estimate of drug-likeness (QED) is 0.906. The molecule has 0 bridgehead atoms. The number of halogens is 2. The summed E-state index contributed by atoms with van der Waals surface area (Å²) in [6, 6.07) is 5.56. The van der Waals surface area contributed by atoms with Crippen molar-refractivity contribution in [1.82, 2.24) is 14.8 Å². The number of rotatable bonds is 5. The van der Waals surface area contributed by atoms with Crippen LogP contribution in [0.1, 0.15) is 30.8 Å². The highest BCUT2D eigenvalue weighted by Crippen LogP contribution is 2.26. The van der Waals surface area contributed by atoms with Crippen LogP contribution in [0.4, 0.5) is 0 Å². The molecule has 2 aromatic rings. The first-order valence-electron chi connectivity index (χ1n) is 6.19. The van der Waals surface area contributed by atoms with E-state index in [1.165, 1.54) is 0 Å². The van der Waals surface area contributed by atoms with Crippen LogP contribution < -0.4 is 5.73 Å². The van der Waals surface area contributed by atoms with Crippen molar-refractivity contribution < 1.29 is 0 Å². The largest absolute Gasteiger partial charge is 0.324 e. The van der Waals surface area contributed by atoms with E-state index in [1.807, 2.05) is 22.9 Å². The van der Waals surface area contributed by atoms with E-state index in [0.29, 0.717) is 11.4 Å². The van der Waals surface area contributed by atoms with E-state index in [1.54, 1.807) is 6.33 Å². The lowest BCUT2D eigenvalue weighted by molar-refractivity contribution is 0.548. The van der Waals surface area contributed by atoms with Crippen molar-refractivity contribution in [2.75, 3.05) is 0 Å². The van der Waals surface area contributed by atoms with Gasteiger partial charge in [-0.05, 0) is 24.1 Å². The fourth-order valence-corrected chi connectivity index (χ4v) is 2.77. The van der Waals surface area contributed by atoms with Crippen LogP contribution in [0.5, 0.6) is 0 Å². The molecule has 2 N–H and O–H groups in total. The van der Waals surface area contributed by atoms with Crippen molar-refractivity contribution in [3.63, 3.8) is 0 Å². The smallest absolute Gasteiger partial charge is 0.138 e. The van der Waals surface area contributed by atoms with Crippen LogP contribution in [-0.4, -0.2) is 14.8 Å². The summed E-state index contributed by atoms with van der Waals surface area (Å²) in [6.45, 7) is 2.97. The minimum absolute atomic E-state index is 0.180. The second kappa shape index (κ2) is 6.50. The van der Waals surface area contributed by atoms with E-state index in [4.69, 9.17) is 17.3 Å². The summed E-state index contributed by atoms with van der Waals surface area (Å²) in [4.78, 5) is 4.27. The maximum atomic E-state index is 6.22. The second-order valence-corrected chi connectivity index (χ2v) is 5.70. The molecule has 2 rings (SSSR count). The van der Waals surface area contributed by atoms with Gasteiger partial charge in [-0.15, -0.1) is 0 Å². The van der Waals surface area contributed by atoms with Crippen LogP contribution in [0.3, 0.4) is 0 Å². The van der Waals surface area contributed by atoms with Crippen molar-refractivity contribution in [2.45, 2.75) is 32.4 Å². The summed E-state index contributed by atoms with van der Waals surface area (Å²) < 4.78 is 2.84. The van der Waals surface area contributed by atoms with E-state index < -0.39 is 0 Å². The molecule has 1 aromatic carbocycles. The Labute approximate surface area is 126 Å². The van der Waals surface area contributed by atoms with Gasteiger partial charge in [0.1, 0.15) is 12.2 Å². The molecule has 0 aliphatic heterocycles. The molecule has 1 heterocycles. The van der Waals surface area contributed by atoms with E-state index in [0.717, 1.165) is 28.8 Å². The van der Waals surface area contributed by atoms with Crippen LogP contribution >= 0.6 is 27.5 Å². The average molecular weight is 344 g/mol. The molecule has 1 unspecified atom stereocenters. The third kappa shape index (κ3) is 3.55. The molecule has 1 aromatic heterocycles. The summed E-state index contributed by atoms with van der Waals surface area (Å²) in [5, 5.41) is 4.87. The number of aromatic nitrogens is 3. The molecule has 0 fully saturated rings. The van der Waals surface area contributed by atoms with E-state index in [-0.39, 0.29) is 6.04 Å². The summed E-state index contributed by atoms with van der Waals surface area (Å²) in [5.74, 6) is 0.897. The molecule has 102 valence electrons. The van der Waals surface area contributed by atoms with Crippen LogP contribution in [0.15, 0.2) is 29.0 Å². The van der Waals surface area contributed by atoms with Gasteiger partial charge in [0, 0.05) is 28.5 Å². The molecule has 0 aliphatic rings. The van der Waals surface area contributed by atoms with Crippen molar-refractivity contribution in [3.8, 4) is 0 Å². The summed E-state index contributed by atoms with van der Waals surface area (Å²) in [7, 11) is 0. The Hall–Kier alpha value is -0.910. The standard InChI is InChI=1S/C13H16BrClN4/c1-2-5-19-13(17-8-18-19)7-12(16)10-4-3-9(14)6-11(10)15/h3-4,6,8,12H,2,5,7,16H2,1H3. The van der Waals surface area contributed by atoms with Gasteiger partial charge in [-0.1, -0.05) is 40.5 Å². The SMILES string of the molecule is CCCn1ncnc1CC(N)c1ccc(Br)cc1Cl. The van der Waals surface area contributed by atoms with Gasteiger partial charge in [0.15, 0.2) is 0 Å². The van der Waals surface area contributed by atoms with Gasteiger partial charge in [-0.25, -0.2) is 4.98 Å². The van der Waals surface area contributed by atoms with Gasteiger partial charge in [-0.2, -0.15) is 5.10 Å². The number of nitrogens with zero attached hydrogens (tertiary/aromatic N) is 3. The predicted octanol–water partition coefficient (Wildman–Crippen LogP) is 3.35. The van der Waals surface area contributed by atoms with Crippen LogP contribution in [0.2, 0.25) is 5.02 Å². The Balaban J connectivity index is 2.16. The van der Waals surface area contributed by atoms with E-state index in [2.05, 4.69) is 32.9 Å². The predicted molar refractivity (Wildman–Crippen MR) is 80.1 cm³/mol. The molecule has 0 aliphatic carbocycles.